The molecule has 7 nitrogen and oxygen atoms in total. The summed E-state index contributed by atoms with van der Waals surface area (Å²) < 4.78 is 0. The van der Waals surface area contributed by atoms with Crippen LogP contribution in [0.5, 0.6) is 0 Å². The number of carbonyl (C=O) groups is 2. The van der Waals surface area contributed by atoms with Crippen molar-refractivity contribution in [2.75, 3.05) is 30.4 Å². The molecule has 0 aliphatic carbocycles. The van der Waals surface area contributed by atoms with Gasteiger partial charge in [-0.25, -0.2) is 9.78 Å². The number of rotatable bonds is 4. The molecule has 2 aromatic carbocycles. The zero-order valence-corrected chi connectivity index (χ0v) is 20.1. The summed E-state index contributed by atoms with van der Waals surface area (Å²) in [5.74, 6) is -0.158. The van der Waals surface area contributed by atoms with E-state index in [9.17, 15) is 9.59 Å². The predicted molar refractivity (Wildman–Crippen MR) is 141 cm³/mol. The van der Waals surface area contributed by atoms with E-state index < -0.39 is 0 Å². The number of nitrogens with zero attached hydrogens (tertiary/aromatic N) is 3. The van der Waals surface area contributed by atoms with Gasteiger partial charge in [0.15, 0.2) is 0 Å². The van der Waals surface area contributed by atoms with Crippen molar-refractivity contribution in [3.05, 3.63) is 71.7 Å². The Morgan fingerprint density at radius 3 is 2.77 bits per heavy atom. The summed E-state index contributed by atoms with van der Waals surface area (Å²) in [4.78, 5) is 36.3. The van der Waals surface area contributed by atoms with Gasteiger partial charge in [0.2, 0.25) is 0 Å². The van der Waals surface area contributed by atoms with Gasteiger partial charge in [0.1, 0.15) is 9.71 Å². The Morgan fingerprint density at radius 2 is 1.94 bits per heavy atom. The van der Waals surface area contributed by atoms with Crippen LogP contribution in [0.3, 0.4) is 0 Å². The molecule has 6 rings (SSSR count). The molecule has 2 aliphatic rings. The van der Waals surface area contributed by atoms with Gasteiger partial charge in [-0.15, -0.1) is 11.3 Å². The van der Waals surface area contributed by atoms with Crippen molar-refractivity contribution in [2.24, 2.45) is 0 Å². The average molecular weight is 484 g/mol. The summed E-state index contributed by atoms with van der Waals surface area (Å²) >= 11 is 1.32. The van der Waals surface area contributed by atoms with Crippen LogP contribution in [-0.4, -0.2) is 48.0 Å². The first-order valence-corrected chi connectivity index (χ1v) is 12.6. The first-order valence-electron chi connectivity index (χ1n) is 11.8. The maximum atomic E-state index is 13.4. The fourth-order valence-corrected chi connectivity index (χ4v) is 6.01. The molecule has 4 aromatic rings. The number of hydrogen-bond donors (Lipinski definition) is 2. The topological polar surface area (TPSA) is 77.6 Å². The van der Waals surface area contributed by atoms with Gasteiger partial charge in [-0.1, -0.05) is 42.5 Å². The number of anilines is 3. The number of piperidine rings is 1. The minimum absolute atomic E-state index is 0.0996. The molecule has 2 aliphatic heterocycles. The molecular weight excluding hydrogens is 458 g/mol. The molecule has 3 amide bonds. The SMILES string of the molecule is CN1CCCC(NC(=O)c2sc3nccc4c3c2NC(=O)N4c2cccc(-c3ccccc3)c2)C1. The zero-order chi connectivity index (χ0) is 23.9. The van der Waals surface area contributed by atoms with Crippen LogP contribution in [-0.2, 0) is 0 Å². The van der Waals surface area contributed by atoms with E-state index >= 15 is 0 Å². The van der Waals surface area contributed by atoms with Crippen LogP contribution in [0.1, 0.15) is 22.5 Å². The molecule has 1 atom stereocenters. The number of likely N-dealkylation sites (tertiary alicyclic amines) is 1. The largest absolute Gasteiger partial charge is 0.347 e. The van der Waals surface area contributed by atoms with E-state index in [4.69, 9.17) is 0 Å². The molecular formula is C27H25N5O2S. The van der Waals surface area contributed by atoms with Crippen molar-refractivity contribution in [3.63, 3.8) is 0 Å². The van der Waals surface area contributed by atoms with Crippen LogP contribution in [0, 0.1) is 0 Å². The number of pyridine rings is 1. The Hall–Kier alpha value is -3.75. The third-order valence-electron chi connectivity index (χ3n) is 6.62. The van der Waals surface area contributed by atoms with Crippen molar-refractivity contribution in [1.82, 2.24) is 15.2 Å². The molecule has 1 unspecified atom stereocenters. The molecule has 2 N–H and O–H groups in total. The molecule has 2 aromatic heterocycles. The number of nitrogens with one attached hydrogen (secondary N) is 2. The summed E-state index contributed by atoms with van der Waals surface area (Å²) in [6.45, 7) is 1.87. The van der Waals surface area contributed by atoms with Gasteiger partial charge in [-0.3, -0.25) is 9.69 Å². The predicted octanol–water partition coefficient (Wildman–Crippen LogP) is 5.47. The maximum Gasteiger partial charge on any atom is 0.331 e. The fraction of sp³-hybridized carbons (Fsp3) is 0.222. The lowest BCUT2D eigenvalue weighted by Crippen LogP contribution is -2.46. The second-order valence-corrected chi connectivity index (χ2v) is 10.1. The first-order chi connectivity index (χ1) is 17.1. The van der Waals surface area contributed by atoms with Crippen molar-refractivity contribution in [1.29, 1.82) is 0 Å². The van der Waals surface area contributed by atoms with E-state index in [-0.39, 0.29) is 18.0 Å². The number of amides is 3. The highest BCUT2D eigenvalue weighted by molar-refractivity contribution is 7.21. The minimum atomic E-state index is -0.292. The van der Waals surface area contributed by atoms with Crippen molar-refractivity contribution < 1.29 is 9.59 Å². The molecule has 0 saturated carbocycles. The Kier molecular flexibility index (Phi) is 5.47. The summed E-state index contributed by atoms with van der Waals surface area (Å²) in [6, 6.07) is 19.6. The normalized spacial score (nSPS) is 17.9. The van der Waals surface area contributed by atoms with Crippen LogP contribution in [0.4, 0.5) is 21.9 Å². The Morgan fingerprint density at radius 1 is 1.11 bits per heavy atom. The molecule has 0 bridgehead atoms. The van der Waals surface area contributed by atoms with Gasteiger partial charge in [0.05, 0.1) is 22.4 Å². The second-order valence-electron chi connectivity index (χ2n) is 9.07. The highest BCUT2D eigenvalue weighted by Crippen LogP contribution is 2.46. The second kappa shape index (κ2) is 8.79. The average Bonchev–Trinajstić information content (AvgIpc) is 3.24. The fourth-order valence-electron chi connectivity index (χ4n) is 4.99. The number of aromatic nitrogens is 1. The lowest BCUT2D eigenvalue weighted by molar-refractivity contribution is 0.0917. The molecule has 1 fully saturated rings. The van der Waals surface area contributed by atoms with Gasteiger partial charge in [0.25, 0.3) is 5.91 Å². The lowest BCUT2D eigenvalue weighted by atomic mass is 10.0. The number of benzene rings is 2. The number of urea groups is 1. The van der Waals surface area contributed by atoms with Crippen molar-refractivity contribution in [3.8, 4) is 11.1 Å². The highest BCUT2D eigenvalue weighted by atomic mass is 32.1. The molecule has 0 radical (unpaired) electrons. The van der Waals surface area contributed by atoms with Crippen LogP contribution in [0.2, 0.25) is 0 Å². The highest BCUT2D eigenvalue weighted by Gasteiger charge is 2.33. The van der Waals surface area contributed by atoms with Crippen LogP contribution >= 0.6 is 11.3 Å². The Labute approximate surface area is 207 Å². The van der Waals surface area contributed by atoms with Gasteiger partial charge in [-0.2, -0.15) is 0 Å². The number of hydrogen-bond acceptors (Lipinski definition) is 5. The Balaban J connectivity index is 1.38. The van der Waals surface area contributed by atoms with Gasteiger partial charge in [-0.05, 0) is 55.8 Å². The summed E-state index contributed by atoms with van der Waals surface area (Å²) in [5.41, 5.74) is 4.14. The molecule has 4 heterocycles. The van der Waals surface area contributed by atoms with E-state index in [1.54, 1.807) is 11.1 Å². The van der Waals surface area contributed by atoms with Gasteiger partial charge < -0.3 is 15.5 Å². The smallest absolute Gasteiger partial charge is 0.331 e. The summed E-state index contributed by atoms with van der Waals surface area (Å²) in [5, 5.41) is 6.96. The van der Waals surface area contributed by atoms with Crippen LogP contribution < -0.4 is 15.5 Å². The van der Waals surface area contributed by atoms with Crippen molar-refractivity contribution >= 4 is 50.6 Å². The summed E-state index contributed by atoms with van der Waals surface area (Å²) in [6.07, 6.45) is 3.71. The van der Waals surface area contributed by atoms with E-state index in [0.29, 0.717) is 10.6 Å². The molecule has 35 heavy (non-hydrogen) atoms. The number of thiophene rings is 1. The van der Waals surface area contributed by atoms with E-state index in [0.717, 1.165) is 58.6 Å². The van der Waals surface area contributed by atoms with Crippen molar-refractivity contribution in [2.45, 2.75) is 18.9 Å². The third-order valence-corrected chi connectivity index (χ3v) is 7.72. The molecule has 176 valence electrons. The van der Waals surface area contributed by atoms with E-state index in [1.165, 1.54) is 11.3 Å². The number of likely N-dealkylation sites (N-methyl/N-ethyl adjacent to an activating group) is 1. The quantitative estimate of drug-likeness (QED) is 0.403. The van der Waals surface area contributed by atoms with Crippen LogP contribution in [0.25, 0.3) is 21.3 Å². The van der Waals surface area contributed by atoms with E-state index in [2.05, 4.69) is 27.6 Å². The van der Waals surface area contributed by atoms with Crippen LogP contribution in [0.15, 0.2) is 66.9 Å². The molecule has 1 saturated heterocycles. The third kappa shape index (κ3) is 3.94. The minimum Gasteiger partial charge on any atom is -0.347 e. The Bertz CT molecular complexity index is 1430. The van der Waals surface area contributed by atoms with E-state index in [1.807, 2.05) is 60.7 Å². The summed E-state index contributed by atoms with van der Waals surface area (Å²) in [7, 11) is 2.07. The zero-order valence-electron chi connectivity index (χ0n) is 19.3. The number of carbonyl (C=O) groups excluding carboxylic acids is 2. The van der Waals surface area contributed by atoms with Gasteiger partial charge in [0, 0.05) is 18.8 Å². The standard InChI is InChI=1S/C27H25N5O2S/c1-31-14-6-10-19(16-31)29-25(33)24-23-22-21(12-13-28-26(22)35-24)32(27(34)30-23)20-11-5-9-18(15-20)17-7-3-2-4-8-17/h2-5,7-9,11-13,15,19H,6,10,14,16H2,1H3,(H,29,33)(H,30,34). The molecule has 0 spiro atoms. The lowest BCUT2D eigenvalue weighted by Gasteiger charge is -2.30. The molecule has 8 heteroatoms. The monoisotopic (exact) mass is 483 g/mol. The first kappa shape index (κ1) is 21.8. The maximum absolute atomic E-state index is 13.4. The van der Waals surface area contributed by atoms with Gasteiger partial charge >= 0.3 is 6.03 Å².